The average Bonchev–Trinajstić information content (AvgIpc) is 3.85. The highest BCUT2D eigenvalue weighted by Gasteiger charge is 2.23. The van der Waals surface area contributed by atoms with Crippen molar-refractivity contribution in [2.75, 3.05) is 4.90 Å². The minimum absolute atomic E-state index is 1.10. The van der Waals surface area contributed by atoms with E-state index in [2.05, 4.69) is 217 Å². The predicted octanol–water partition coefficient (Wildman–Crippen LogP) is 16.6. The first-order chi connectivity index (χ1) is 28.3. The number of fused-ring (bicyclic) bond motifs is 6. The van der Waals surface area contributed by atoms with Crippen LogP contribution in [-0.2, 0) is 0 Å². The van der Waals surface area contributed by atoms with Gasteiger partial charge in [-0.3, -0.25) is 0 Å². The maximum atomic E-state index is 2.47. The van der Waals surface area contributed by atoms with Crippen molar-refractivity contribution in [3.05, 3.63) is 212 Å². The van der Waals surface area contributed by atoms with E-state index in [1.165, 1.54) is 84.9 Å². The van der Waals surface area contributed by atoms with Crippen molar-refractivity contribution in [1.82, 2.24) is 0 Å². The Labute approximate surface area is 340 Å². The standard InChI is InChI=1S/C54H35NS2/c1-3-14-37(15-4-1)42-18-7-8-21-46(42)54-43(38-16-5-2-6-17-38)22-13-23-49(54)55(41-31-33-53-48(35-41)45-20-10-12-25-51(45)57-53)40-29-26-36(27-30-40)39-28-32-52-47(34-39)44-19-9-11-24-50(44)56-52/h1-35H. The molecule has 268 valence electrons. The minimum atomic E-state index is 1.10. The van der Waals surface area contributed by atoms with Crippen molar-refractivity contribution in [3.63, 3.8) is 0 Å². The van der Waals surface area contributed by atoms with Crippen LogP contribution in [0.5, 0.6) is 0 Å². The van der Waals surface area contributed by atoms with E-state index in [0.717, 1.165) is 17.1 Å². The Morgan fingerprint density at radius 1 is 0.281 bits per heavy atom. The van der Waals surface area contributed by atoms with E-state index < -0.39 is 0 Å². The molecule has 0 radical (unpaired) electrons. The summed E-state index contributed by atoms with van der Waals surface area (Å²) in [5, 5.41) is 5.20. The summed E-state index contributed by atoms with van der Waals surface area (Å²) in [5.41, 5.74) is 12.9. The van der Waals surface area contributed by atoms with Crippen LogP contribution >= 0.6 is 22.7 Å². The number of rotatable bonds is 7. The maximum Gasteiger partial charge on any atom is 0.0546 e. The first-order valence-corrected chi connectivity index (χ1v) is 21.0. The van der Waals surface area contributed by atoms with Gasteiger partial charge in [0.2, 0.25) is 0 Å². The number of benzene rings is 9. The molecular weight excluding hydrogens is 727 g/mol. The fourth-order valence-electron chi connectivity index (χ4n) is 8.43. The fourth-order valence-corrected chi connectivity index (χ4v) is 10.6. The van der Waals surface area contributed by atoms with Crippen LogP contribution in [0.25, 0.3) is 84.9 Å². The molecule has 9 aromatic carbocycles. The molecule has 0 saturated carbocycles. The second-order valence-corrected chi connectivity index (χ2v) is 16.6. The first kappa shape index (κ1) is 33.5. The lowest BCUT2D eigenvalue weighted by Crippen LogP contribution is -2.12. The van der Waals surface area contributed by atoms with Crippen LogP contribution in [0.1, 0.15) is 0 Å². The molecule has 0 atom stereocenters. The zero-order valence-corrected chi connectivity index (χ0v) is 32.6. The van der Waals surface area contributed by atoms with Gasteiger partial charge >= 0.3 is 0 Å². The van der Waals surface area contributed by atoms with Gasteiger partial charge in [-0.2, -0.15) is 0 Å². The summed E-state index contributed by atoms with van der Waals surface area (Å²) in [6.45, 7) is 0. The third-order valence-electron chi connectivity index (χ3n) is 11.1. The molecule has 3 heteroatoms. The molecule has 0 aliphatic rings. The van der Waals surface area contributed by atoms with Gasteiger partial charge in [0.25, 0.3) is 0 Å². The minimum Gasteiger partial charge on any atom is -0.310 e. The van der Waals surface area contributed by atoms with E-state index in [1.807, 2.05) is 22.7 Å². The van der Waals surface area contributed by atoms with E-state index in [1.54, 1.807) is 0 Å². The van der Waals surface area contributed by atoms with Crippen LogP contribution in [-0.4, -0.2) is 0 Å². The van der Waals surface area contributed by atoms with Gasteiger partial charge in [-0.25, -0.2) is 0 Å². The molecule has 0 unspecified atom stereocenters. The lowest BCUT2D eigenvalue weighted by atomic mass is 9.87. The normalized spacial score (nSPS) is 11.5. The van der Waals surface area contributed by atoms with Gasteiger partial charge in [-0.15, -0.1) is 22.7 Å². The lowest BCUT2D eigenvalue weighted by molar-refractivity contribution is 1.29. The van der Waals surface area contributed by atoms with Crippen molar-refractivity contribution in [1.29, 1.82) is 0 Å². The van der Waals surface area contributed by atoms with Crippen LogP contribution in [0.4, 0.5) is 17.1 Å². The Balaban J connectivity index is 1.15. The molecule has 0 amide bonds. The quantitative estimate of drug-likeness (QED) is 0.156. The molecule has 0 bridgehead atoms. The molecule has 11 aromatic rings. The second kappa shape index (κ2) is 14.1. The Morgan fingerprint density at radius 3 is 1.46 bits per heavy atom. The Kier molecular flexibility index (Phi) is 8.28. The second-order valence-electron chi connectivity index (χ2n) is 14.4. The summed E-state index contributed by atoms with van der Waals surface area (Å²) in [5.74, 6) is 0. The van der Waals surface area contributed by atoms with Gasteiger partial charge in [0.15, 0.2) is 0 Å². The summed E-state index contributed by atoms with van der Waals surface area (Å²) in [6.07, 6.45) is 0. The van der Waals surface area contributed by atoms with Gasteiger partial charge in [-0.05, 0) is 99.6 Å². The number of thiophene rings is 2. The summed E-state index contributed by atoms with van der Waals surface area (Å²) in [6, 6.07) is 77.8. The van der Waals surface area contributed by atoms with Crippen molar-refractivity contribution >= 4 is 80.1 Å². The Bertz CT molecular complexity index is 3230. The fraction of sp³-hybridized carbons (Fsp3) is 0. The van der Waals surface area contributed by atoms with Crippen LogP contribution < -0.4 is 4.90 Å². The number of hydrogen-bond donors (Lipinski definition) is 0. The number of anilines is 3. The van der Waals surface area contributed by atoms with E-state index in [9.17, 15) is 0 Å². The first-order valence-electron chi connectivity index (χ1n) is 19.3. The molecule has 57 heavy (non-hydrogen) atoms. The third kappa shape index (κ3) is 5.91. The smallest absolute Gasteiger partial charge is 0.0546 e. The van der Waals surface area contributed by atoms with Gasteiger partial charge < -0.3 is 4.90 Å². The average molecular weight is 762 g/mol. The highest BCUT2D eigenvalue weighted by Crippen LogP contribution is 2.49. The van der Waals surface area contributed by atoms with E-state index in [4.69, 9.17) is 0 Å². The highest BCUT2D eigenvalue weighted by atomic mass is 32.1. The highest BCUT2D eigenvalue weighted by molar-refractivity contribution is 7.26. The van der Waals surface area contributed by atoms with Crippen molar-refractivity contribution in [2.45, 2.75) is 0 Å². The van der Waals surface area contributed by atoms with Crippen molar-refractivity contribution in [2.24, 2.45) is 0 Å². The topological polar surface area (TPSA) is 3.24 Å². The van der Waals surface area contributed by atoms with Crippen LogP contribution in [0, 0.1) is 0 Å². The molecule has 0 aliphatic carbocycles. The molecule has 0 aliphatic heterocycles. The molecule has 0 spiro atoms. The third-order valence-corrected chi connectivity index (χ3v) is 13.4. The van der Waals surface area contributed by atoms with Gasteiger partial charge in [0.1, 0.15) is 0 Å². The van der Waals surface area contributed by atoms with Crippen molar-refractivity contribution < 1.29 is 0 Å². The molecule has 2 aromatic heterocycles. The summed E-state index contributed by atoms with van der Waals surface area (Å²) >= 11 is 3.72. The molecule has 0 fully saturated rings. The molecule has 11 rings (SSSR count). The number of hydrogen-bond acceptors (Lipinski definition) is 3. The van der Waals surface area contributed by atoms with Gasteiger partial charge in [-0.1, -0.05) is 152 Å². The molecule has 1 nitrogen and oxygen atoms in total. The molecule has 0 N–H and O–H groups in total. The van der Waals surface area contributed by atoms with Crippen LogP contribution in [0.15, 0.2) is 212 Å². The monoisotopic (exact) mass is 761 g/mol. The summed E-state index contributed by atoms with van der Waals surface area (Å²) in [4.78, 5) is 2.47. The van der Waals surface area contributed by atoms with Gasteiger partial charge in [0.05, 0.1) is 5.69 Å². The molecular formula is C54H35NS2. The maximum absolute atomic E-state index is 2.47. The lowest BCUT2D eigenvalue weighted by Gasteiger charge is -2.30. The largest absolute Gasteiger partial charge is 0.310 e. The van der Waals surface area contributed by atoms with E-state index in [-0.39, 0.29) is 0 Å². The zero-order valence-electron chi connectivity index (χ0n) is 31.0. The van der Waals surface area contributed by atoms with E-state index >= 15 is 0 Å². The number of nitrogens with zero attached hydrogens (tertiary/aromatic N) is 1. The zero-order chi connectivity index (χ0) is 37.7. The summed E-state index contributed by atoms with van der Waals surface area (Å²) < 4.78 is 5.24. The van der Waals surface area contributed by atoms with Crippen LogP contribution in [0.2, 0.25) is 0 Å². The van der Waals surface area contributed by atoms with Gasteiger partial charge in [0, 0.05) is 57.3 Å². The molecule has 0 saturated heterocycles. The SMILES string of the molecule is c1ccc(-c2ccccc2-c2c(-c3ccccc3)cccc2N(c2ccc(-c3ccc4sc5ccccc5c4c3)cc2)c2ccc3sc4ccccc4c3c2)cc1. The van der Waals surface area contributed by atoms with E-state index in [0.29, 0.717) is 0 Å². The van der Waals surface area contributed by atoms with Crippen LogP contribution in [0.3, 0.4) is 0 Å². The Morgan fingerprint density at radius 2 is 0.772 bits per heavy atom. The predicted molar refractivity (Wildman–Crippen MR) is 249 cm³/mol. The Hall–Kier alpha value is -6.78. The summed E-state index contributed by atoms with van der Waals surface area (Å²) in [7, 11) is 0. The molecule has 2 heterocycles. The van der Waals surface area contributed by atoms with Crippen molar-refractivity contribution in [3.8, 4) is 44.5 Å².